The van der Waals surface area contributed by atoms with E-state index in [1.54, 1.807) is 6.07 Å². The van der Waals surface area contributed by atoms with Crippen LogP contribution in [0.1, 0.15) is 16.1 Å². The third-order valence-corrected chi connectivity index (χ3v) is 2.24. The van der Waals surface area contributed by atoms with Crippen LogP contribution in [0.25, 0.3) is 10.9 Å². The first-order chi connectivity index (χ1) is 7.35. The second-order valence-electron chi connectivity index (χ2n) is 3.21. The Bertz CT molecular complexity index is 520. The van der Waals surface area contributed by atoms with E-state index >= 15 is 0 Å². The molecule has 0 saturated carbocycles. The van der Waals surface area contributed by atoms with Crippen LogP contribution in [-0.4, -0.2) is 17.6 Å². The van der Waals surface area contributed by atoms with Crippen LogP contribution in [0.4, 0.5) is 0 Å². The number of aldehydes is 2. The Hall–Kier alpha value is -2.03. The summed E-state index contributed by atoms with van der Waals surface area (Å²) in [5.41, 5.74) is 1.83. The van der Waals surface area contributed by atoms with Gasteiger partial charge in [0.15, 0.2) is 6.29 Å². The van der Waals surface area contributed by atoms with Gasteiger partial charge in [0.25, 0.3) is 0 Å². The minimum atomic E-state index is 0.179. The molecular weight excluding hydrogens is 190 g/mol. The molecule has 0 fully saturated rings. The number of carbonyl (C=O) groups is 2. The largest absolute Gasteiger partial charge is 0.303 e. The number of nitrogens with zero attached hydrogens (tertiary/aromatic N) is 1. The van der Waals surface area contributed by atoms with Crippen LogP contribution in [0.3, 0.4) is 0 Å². The number of para-hydroxylation sites is 1. The summed E-state index contributed by atoms with van der Waals surface area (Å²) in [6, 6.07) is 9.27. The average molecular weight is 199 g/mol. The van der Waals surface area contributed by atoms with Gasteiger partial charge in [0.1, 0.15) is 6.29 Å². The summed E-state index contributed by atoms with van der Waals surface area (Å²) in [5, 5.41) is 0.911. The number of pyridine rings is 1. The zero-order chi connectivity index (χ0) is 10.7. The molecule has 0 saturated heterocycles. The van der Waals surface area contributed by atoms with Gasteiger partial charge >= 0.3 is 0 Å². The van der Waals surface area contributed by atoms with Gasteiger partial charge in [-0.2, -0.15) is 0 Å². The molecule has 0 bridgehead atoms. The number of rotatable bonds is 3. The zero-order valence-corrected chi connectivity index (χ0v) is 8.01. The summed E-state index contributed by atoms with van der Waals surface area (Å²) in [7, 11) is 0. The highest BCUT2D eigenvalue weighted by molar-refractivity contribution is 5.88. The van der Waals surface area contributed by atoms with E-state index in [1.165, 1.54) is 0 Å². The molecule has 0 amide bonds. The molecule has 1 aromatic heterocycles. The molecule has 0 atom stereocenters. The van der Waals surface area contributed by atoms with E-state index in [4.69, 9.17) is 0 Å². The number of benzene rings is 1. The maximum absolute atomic E-state index is 10.8. The molecule has 0 radical (unpaired) electrons. The van der Waals surface area contributed by atoms with Crippen LogP contribution in [0, 0.1) is 0 Å². The Balaban J connectivity index is 2.68. The van der Waals surface area contributed by atoms with Crippen molar-refractivity contribution < 1.29 is 9.59 Å². The van der Waals surface area contributed by atoms with Crippen molar-refractivity contribution in [1.29, 1.82) is 0 Å². The molecule has 0 spiro atoms. The van der Waals surface area contributed by atoms with E-state index in [-0.39, 0.29) is 6.42 Å². The van der Waals surface area contributed by atoms with Crippen LogP contribution >= 0.6 is 0 Å². The second kappa shape index (κ2) is 4.00. The van der Waals surface area contributed by atoms with Gasteiger partial charge in [-0.05, 0) is 12.1 Å². The number of aromatic nitrogens is 1. The Kier molecular flexibility index (Phi) is 2.54. The van der Waals surface area contributed by atoms with E-state index < -0.39 is 0 Å². The summed E-state index contributed by atoms with van der Waals surface area (Å²) in [6.45, 7) is 0. The molecule has 15 heavy (non-hydrogen) atoms. The number of hydrogen-bond acceptors (Lipinski definition) is 3. The predicted octanol–water partition coefficient (Wildman–Crippen LogP) is 1.79. The molecule has 1 aromatic carbocycles. The smallest absolute Gasteiger partial charge is 0.151 e. The summed E-state index contributed by atoms with van der Waals surface area (Å²) in [6.07, 6.45) is 1.67. The van der Waals surface area contributed by atoms with E-state index in [0.717, 1.165) is 23.5 Å². The van der Waals surface area contributed by atoms with Gasteiger partial charge < -0.3 is 4.79 Å². The van der Waals surface area contributed by atoms with Crippen LogP contribution in [0.5, 0.6) is 0 Å². The van der Waals surface area contributed by atoms with Crippen LogP contribution < -0.4 is 0 Å². The molecule has 0 aliphatic carbocycles. The highest BCUT2D eigenvalue weighted by Gasteiger charge is 2.04. The molecule has 3 nitrogen and oxygen atoms in total. The monoisotopic (exact) mass is 199 g/mol. The lowest BCUT2D eigenvalue weighted by atomic mass is 10.1. The van der Waals surface area contributed by atoms with E-state index in [1.807, 2.05) is 24.3 Å². The summed E-state index contributed by atoms with van der Waals surface area (Å²) in [5.74, 6) is 0. The fourth-order valence-corrected chi connectivity index (χ4v) is 1.52. The van der Waals surface area contributed by atoms with Gasteiger partial charge in [-0.3, -0.25) is 9.78 Å². The van der Waals surface area contributed by atoms with Crippen molar-refractivity contribution in [3.05, 3.63) is 41.6 Å². The third kappa shape index (κ3) is 1.76. The normalized spacial score (nSPS) is 10.1. The highest BCUT2D eigenvalue weighted by Crippen LogP contribution is 2.15. The van der Waals surface area contributed by atoms with Gasteiger partial charge in [0.05, 0.1) is 11.2 Å². The number of hydrogen-bond donors (Lipinski definition) is 0. The van der Waals surface area contributed by atoms with Gasteiger partial charge in [-0.15, -0.1) is 0 Å². The number of carbonyl (C=O) groups excluding carboxylic acids is 2. The van der Waals surface area contributed by atoms with Gasteiger partial charge in [0.2, 0.25) is 0 Å². The molecule has 2 rings (SSSR count). The van der Waals surface area contributed by atoms with Crippen molar-refractivity contribution >= 4 is 23.5 Å². The molecular formula is C12H9NO2. The van der Waals surface area contributed by atoms with Gasteiger partial charge in [0, 0.05) is 17.4 Å². The standard InChI is InChI=1S/C12H9NO2/c14-6-5-12-10(8-15)7-9-3-1-2-4-11(9)13-12/h1-4,6-8H,5H2. The minimum absolute atomic E-state index is 0.179. The summed E-state index contributed by atoms with van der Waals surface area (Å²) in [4.78, 5) is 25.5. The topological polar surface area (TPSA) is 47.0 Å². The van der Waals surface area contributed by atoms with Crippen molar-refractivity contribution in [2.45, 2.75) is 6.42 Å². The van der Waals surface area contributed by atoms with Gasteiger partial charge in [-0.1, -0.05) is 18.2 Å². The number of fused-ring (bicyclic) bond motifs is 1. The molecule has 3 heteroatoms. The molecule has 0 aliphatic rings. The van der Waals surface area contributed by atoms with Crippen molar-refractivity contribution in [3.8, 4) is 0 Å². The summed E-state index contributed by atoms with van der Waals surface area (Å²) >= 11 is 0. The van der Waals surface area contributed by atoms with Crippen molar-refractivity contribution in [2.24, 2.45) is 0 Å². The Morgan fingerprint density at radius 1 is 1.20 bits per heavy atom. The van der Waals surface area contributed by atoms with Crippen molar-refractivity contribution in [1.82, 2.24) is 4.98 Å². The fraction of sp³-hybridized carbons (Fsp3) is 0.0833. The lowest BCUT2D eigenvalue weighted by Crippen LogP contribution is -1.98. The van der Waals surface area contributed by atoms with E-state index in [2.05, 4.69) is 4.98 Å². The maximum Gasteiger partial charge on any atom is 0.151 e. The van der Waals surface area contributed by atoms with E-state index in [9.17, 15) is 9.59 Å². The van der Waals surface area contributed by atoms with Crippen LogP contribution in [0.2, 0.25) is 0 Å². The lowest BCUT2D eigenvalue weighted by molar-refractivity contribution is -0.107. The van der Waals surface area contributed by atoms with Crippen molar-refractivity contribution in [2.75, 3.05) is 0 Å². The minimum Gasteiger partial charge on any atom is -0.303 e. The zero-order valence-electron chi connectivity index (χ0n) is 8.01. The SMILES string of the molecule is O=CCc1nc2ccccc2cc1C=O. The van der Waals surface area contributed by atoms with Crippen molar-refractivity contribution in [3.63, 3.8) is 0 Å². The molecule has 1 heterocycles. The quantitative estimate of drug-likeness (QED) is 0.708. The lowest BCUT2D eigenvalue weighted by Gasteiger charge is -2.02. The van der Waals surface area contributed by atoms with E-state index in [0.29, 0.717) is 11.3 Å². The Morgan fingerprint density at radius 3 is 2.73 bits per heavy atom. The third-order valence-electron chi connectivity index (χ3n) is 2.24. The summed E-state index contributed by atoms with van der Waals surface area (Å²) < 4.78 is 0. The Morgan fingerprint density at radius 2 is 2.00 bits per heavy atom. The fourth-order valence-electron chi connectivity index (χ4n) is 1.52. The highest BCUT2D eigenvalue weighted by atomic mass is 16.1. The Labute approximate surface area is 86.8 Å². The average Bonchev–Trinajstić information content (AvgIpc) is 2.28. The molecule has 74 valence electrons. The molecule has 2 aromatic rings. The maximum atomic E-state index is 10.8. The molecule has 0 unspecified atom stereocenters. The predicted molar refractivity (Wildman–Crippen MR) is 56.9 cm³/mol. The van der Waals surface area contributed by atoms with Crippen LogP contribution in [0.15, 0.2) is 30.3 Å². The first-order valence-corrected chi connectivity index (χ1v) is 4.62. The van der Waals surface area contributed by atoms with Gasteiger partial charge in [-0.25, -0.2) is 0 Å². The van der Waals surface area contributed by atoms with Crippen LogP contribution in [-0.2, 0) is 11.2 Å². The first-order valence-electron chi connectivity index (χ1n) is 4.62. The first kappa shape index (κ1) is 9.52. The molecule has 0 aliphatic heterocycles. The molecule has 0 N–H and O–H groups in total. The second-order valence-corrected chi connectivity index (χ2v) is 3.21.